The molecule has 4 rings (SSSR count). The molecule has 9 heteroatoms. The van der Waals surface area contributed by atoms with Gasteiger partial charge < -0.3 is 9.64 Å². The van der Waals surface area contributed by atoms with E-state index in [1.165, 1.54) is 17.4 Å². The van der Waals surface area contributed by atoms with Gasteiger partial charge in [-0.1, -0.05) is 23.7 Å². The molecule has 6 nitrogen and oxygen atoms in total. The summed E-state index contributed by atoms with van der Waals surface area (Å²) < 4.78 is 34.8. The topological polar surface area (TPSA) is 75.7 Å². The van der Waals surface area contributed by atoms with Gasteiger partial charge in [-0.05, 0) is 37.1 Å². The van der Waals surface area contributed by atoms with Crippen molar-refractivity contribution in [2.45, 2.75) is 23.3 Å². The van der Waals surface area contributed by atoms with E-state index in [2.05, 4.69) is 4.72 Å². The highest BCUT2D eigenvalue weighted by Gasteiger charge is 2.44. The number of hydrogen-bond donors (Lipinski definition) is 1. The van der Waals surface area contributed by atoms with Crippen LogP contribution in [0.2, 0.25) is 4.34 Å². The summed E-state index contributed by atoms with van der Waals surface area (Å²) in [4.78, 5) is 15.1. The molecule has 2 aliphatic heterocycles. The largest absolute Gasteiger partial charge is 0.490 e. The van der Waals surface area contributed by atoms with E-state index < -0.39 is 15.6 Å². The lowest BCUT2D eigenvalue weighted by Gasteiger charge is -2.41. The standard InChI is InChI=1S/C17H17ClN2O4S2/c18-15-7-6-13(25-15)16(21)20-9-3-8-17(10-20)11-24-12-4-1-2-5-14(12)26(22,23)19-17/h1-2,4-7,19H,3,8-11H2. The number of benzene rings is 1. The van der Waals surface area contributed by atoms with Gasteiger partial charge in [0.1, 0.15) is 17.3 Å². The molecule has 2 aliphatic rings. The van der Waals surface area contributed by atoms with Crippen molar-refractivity contribution in [3.63, 3.8) is 0 Å². The number of piperidine rings is 1. The molecule has 138 valence electrons. The van der Waals surface area contributed by atoms with Crippen LogP contribution >= 0.6 is 22.9 Å². The second-order valence-corrected chi connectivity index (χ2v) is 9.92. The molecule has 0 aliphatic carbocycles. The molecular weight excluding hydrogens is 396 g/mol. The molecule has 1 spiro atoms. The summed E-state index contributed by atoms with van der Waals surface area (Å²) in [5.41, 5.74) is -0.840. The van der Waals surface area contributed by atoms with Gasteiger partial charge in [-0.3, -0.25) is 4.79 Å². The zero-order chi connectivity index (χ0) is 18.4. The van der Waals surface area contributed by atoms with E-state index in [4.69, 9.17) is 16.3 Å². The van der Waals surface area contributed by atoms with Crippen LogP contribution in [0.4, 0.5) is 0 Å². The molecule has 1 aromatic heterocycles. The first-order valence-corrected chi connectivity index (χ1v) is 10.9. The van der Waals surface area contributed by atoms with E-state index in [1.807, 2.05) is 0 Å². The average molecular weight is 413 g/mol. The van der Waals surface area contributed by atoms with Gasteiger partial charge in [0, 0.05) is 13.1 Å². The Kier molecular flexibility index (Phi) is 4.46. The maximum absolute atomic E-state index is 12.8. The molecule has 3 heterocycles. The minimum Gasteiger partial charge on any atom is -0.490 e. The number of sulfonamides is 1. The van der Waals surface area contributed by atoms with Crippen LogP contribution in [0.25, 0.3) is 0 Å². The molecule has 0 saturated carbocycles. The van der Waals surface area contributed by atoms with E-state index in [-0.39, 0.29) is 24.0 Å². The first-order valence-electron chi connectivity index (χ1n) is 8.19. The molecule has 1 unspecified atom stereocenters. The first-order chi connectivity index (χ1) is 12.4. The molecular formula is C17H17ClN2O4S2. The van der Waals surface area contributed by atoms with E-state index in [0.29, 0.717) is 34.3 Å². The maximum Gasteiger partial charge on any atom is 0.264 e. The Labute approximate surface area is 160 Å². The van der Waals surface area contributed by atoms with Gasteiger partial charge in [0.25, 0.3) is 5.91 Å². The Morgan fingerprint density at radius 1 is 1.27 bits per heavy atom. The normalized spacial score (nSPS) is 24.6. The molecule has 1 aromatic carbocycles. The summed E-state index contributed by atoms with van der Waals surface area (Å²) >= 11 is 7.15. The summed E-state index contributed by atoms with van der Waals surface area (Å²) in [6, 6.07) is 9.96. The number of nitrogens with zero attached hydrogens (tertiary/aromatic N) is 1. The fraction of sp³-hybridized carbons (Fsp3) is 0.353. The number of halogens is 1. The third-order valence-corrected chi connectivity index (χ3v) is 7.48. The van der Waals surface area contributed by atoms with Gasteiger partial charge in [0.05, 0.1) is 14.8 Å². The van der Waals surface area contributed by atoms with Crippen molar-refractivity contribution in [3.8, 4) is 5.75 Å². The predicted molar refractivity (Wildman–Crippen MR) is 99.5 cm³/mol. The number of carbonyl (C=O) groups is 1. The number of fused-ring (bicyclic) bond motifs is 1. The molecule has 1 fully saturated rings. The second-order valence-electron chi connectivity index (χ2n) is 6.56. The Bertz CT molecular complexity index is 959. The van der Waals surface area contributed by atoms with Crippen molar-refractivity contribution in [1.82, 2.24) is 9.62 Å². The second kappa shape index (κ2) is 6.53. The number of likely N-dealkylation sites (tertiary alicyclic amines) is 1. The molecule has 2 aromatic rings. The number of rotatable bonds is 1. The van der Waals surface area contributed by atoms with E-state index in [0.717, 1.165) is 0 Å². The number of amides is 1. The fourth-order valence-electron chi connectivity index (χ4n) is 3.47. The maximum atomic E-state index is 12.8. The Hall–Kier alpha value is -1.61. The van der Waals surface area contributed by atoms with Crippen molar-refractivity contribution in [3.05, 3.63) is 45.6 Å². The van der Waals surface area contributed by atoms with Crippen LogP contribution in [0.5, 0.6) is 5.75 Å². The lowest BCUT2D eigenvalue weighted by Crippen LogP contribution is -2.61. The van der Waals surface area contributed by atoms with Crippen LogP contribution in [0.3, 0.4) is 0 Å². The number of thiophene rings is 1. The van der Waals surface area contributed by atoms with Crippen LogP contribution in [0.15, 0.2) is 41.3 Å². The van der Waals surface area contributed by atoms with Crippen molar-refractivity contribution in [1.29, 1.82) is 0 Å². The van der Waals surface area contributed by atoms with Gasteiger partial charge >= 0.3 is 0 Å². The third kappa shape index (κ3) is 3.22. The molecule has 0 bridgehead atoms. The van der Waals surface area contributed by atoms with Crippen LogP contribution < -0.4 is 9.46 Å². The molecule has 26 heavy (non-hydrogen) atoms. The summed E-state index contributed by atoms with van der Waals surface area (Å²) in [5.74, 6) is 0.201. The highest BCUT2D eigenvalue weighted by Crippen LogP contribution is 2.33. The monoisotopic (exact) mass is 412 g/mol. The van der Waals surface area contributed by atoms with Crippen LogP contribution in [-0.2, 0) is 10.0 Å². The van der Waals surface area contributed by atoms with Gasteiger partial charge in [-0.15, -0.1) is 11.3 Å². The summed E-state index contributed by atoms with van der Waals surface area (Å²) in [6.45, 7) is 1.01. The van der Waals surface area contributed by atoms with Crippen LogP contribution in [-0.4, -0.2) is 44.5 Å². The highest BCUT2D eigenvalue weighted by molar-refractivity contribution is 7.89. The summed E-state index contributed by atoms with van der Waals surface area (Å²) in [7, 11) is -3.73. The predicted octanol–water partition coefficient (Wildman–Crippen LogP) is 2.75. The fourth-order valence-corrected chi connectivity index (χ4v) is 6.03. The number of nitrogens with one attached hydrogen (secondary N) is 1. The average Bonchev–Trinajstić information content (AvgIpc) is 3.01. The minimum absolute atomic E-state index is 0.130. The molecule has 1 N–H and O–H groups in total. The third-order valence-electron chi connectivity index (χ3n) is 4.64. The number of para-hydroxylation sites is 1. The summed E-state index contributed by atoms with van der Waals surface area (Å²) in [5, 5.41) is 0. The van der Waals surface area contributed by atoms with E-state index in [1.54, 1.807) is 35.2 Å². The van der Waals surface area contributed by atoms with Crippen molar-refractivity contribution in [2.75, 3.05) is 19.7 Å². The number of ether oxygens (including phenoxy) is 1. The molecule has 1 atom stereocenters. The lowest BCUT2D eigenvalue weighted by atomic mass is 9.90. The van der Waals surface area contributed by atoms with Crippen LogP contribution in [0.1, 0.15) is 22.5 Å². The molecule has 1 amide bonds. The molecule has 1 saturated heterocycles. The SMILES string of the molecule is O=C(c1ccc(Cl)s1)N1CCCC2(COc3ccccc3S(=O)(=O)N2)C1. The Morgan fingerprint density at radius 3 is 2.85 bits per heavy atom. The lowest BCUT2D eigenvalue weighted by molar-refractivity contribution is 0.0559. The van der Waals surface area contributed by atoms with Crippen LogP contribution in [0, 0.1) is 0 Å². The highest BCUT2D eigenvalue weighted by atomic mass is 35.5. The van der Waals surface area contributed by atoms with E-state index in [9.17, 15) is 13.2 Å². The van der Waals surface area contributed by atoms with Gasteiger partial charge in [0.2, 0.25) is 10.0 Å². The minimum atomic E-state index is -3.73. The van der Waals surface area contributed by atoms with Gasteiger partial charge in [-0.2, -0.15) is 4.72 Å². The number of carbonyl (C=O) groups excluding carboxylic acids is 1. The Morgan fingerprint density at radius 2 is 2.08 bits per heavy atom. The number of hydrogen-bond acceptors (Lipinski definition) is 5. The van der Waals surface area contributed by atoms with E-state index >= 15 is 0 Å². The van der Waals surface area contributed by atoms with Crippen molar-refractivity contribution < 1.29 is 17.9 Å². The van der Waals surface area contributed by atoms with Crippen molar-refractivity contribution in [2.24, 2.45) is 0 Å². The zero-order valence-electron chi connectivity index (χ0n) is 13.8. The summed E-state index contributed by atoms with van der Waals surface area (Å²) in [6.07, 6.45) is 1.29. The van der Waals surface area contributed by atoms with Gasteiger partial charge in [-0.25, -0.2) is 8.42 Å². The zero-order valence-corrected chi connectivity index (χ0v) is 16.2. The Balaban J connectivity index is 1.62. The van der Waals surface area contributed by atoms with Crippen molar-refractivity contribution >= 4 is 38.9 Å². The smallest absolute Gasteiger partial charge is 0.264 e. The molecule has 0 radical (unpaired) electrons. The van der Waals surface area contributed by atoms with Gasteiger partial charge in [0.15, 0.2) is 0 Å². The quantitative estimate of drug-likeness (QED) is 0.781. The first kappa shape index (κ1) is 17.8.